The number of carbonyl (C=O) groups excluding carboxylic acids is 3. The topological polar surface area (TPSA) is 87.8 Å². The molecular weight excluding hydrogens is 296 g/mol. The molecule has 1 aliphatic carbocycles. The summed E-state index contributed by atoms with van der Waals surface area (Å²) >= 11 is 0. The molecule has 0 radical (unpaired) electrons. The summed E-state index contributed by atoms with van der Waals surface area (Å²) in [7, 11) is 0. The van der Waals surface area contributed by atoms with E-state index in [1.165, 1.54) is 13.0 Å². The second kappa shape index (κ2) is 5.69. The molecule has 0 saturated heterocycles. The molecule has 2 N–H and O–H groups in total. The van der Waals surface area contributed by atoms with E-state index in [1.54, 1.807) is 26.0 Å². The van der Waals surface area contributed by atoms with Gasteiger partial charge in [-0.1, -0.05) is 12.1 Å². The Bertz CT molecular complexity index is 797. The molecule has 0 atom stereocenters. The molecule has 0 aromatic heterocycles. The van der Waals surface area contributed by atoms with Gasteiger partial charge in [-0.05, 0) is 32.4 Å². The van der Waals surface area contributed by atoms with Crippen molar-refractivity contribution in [2.45, 2.75) is 26.2 Å². The van der Waals surface area contributed by atoms with Gasteiger partial charge in [0.1, 0.15) is 17.1 Å². The molecule has 0 unspecified atom stereocenters. The number of amides is 1. The third-order valence-corrected chi connectivity index (χ3v) is 3.82. The van der Waals surface area contributed by atoms with E-state index in [0.717, 1.165) is 0 Å². The van der Waals surface area contributed by atoms with E-state index in [1.807, 2.05) is 0 Å². The van der Waals surface area contributed by atoms with Gasteiger partial charge >= 0.3 is 0 Å². The Morgan fingerprint density at radius 2 is 2.00 bits per heavy atom. The summed E-state index contributed by atoms with van der Waals surface area (Å²) in [5.41, 5.74) is -0.271. The van der Waals surface area contributed by atoms with Gasteiger partial charge in [0.2, 0.25) is 0 Å². The van der Waals surface area contributed by atoms with Crippen LogP contribution in [-0.4, -0.2) is 29.1 Å². The molecule has 1 aromatic rings. The van der Waals surface area contributed by atoms with Crippen molar-refractivity contribution in [3.05, 3.63) is 46.3 Å². The Balaban J connectivity index is 2.61. The monoisotopic (exact) mass is 312 g/mol. The molecule has 0 spiro atoms. The number of aliphatic hydroxyl groups is 1. The highest BCUT2D eigenvalue weighted by Gasteiger charge is 2.43. The maximum absolute atomic E-state index is 12.6. The summed E-state index contributed by atoms with van der Waals surface area (Å²) < 4.78 is 0. The average Bonchev–Trinajstić information content (AvgIpc) is 2.51. The minimum absolute atomic E-state index is 0.224. The van der Waals surface area contributed by atoms with E-state index in [4.69, 9.17) is 6.57 Å². The summed E-state index contributed by atoms with van der Waals surface area (Å²) in [6.45, 7) is 11.4. The number of hydrogen-bond donors (Lipinski definition) is 2. The van der Waals surface area contributed by atoms with Crippen LogP contribution >= 0.6 is 0 Å². The number of nitrogens with one attached hydrogen (secondary N) is 1. The number of aliphatic hydroxyl groups excluding tert-OH is 1. The van der Waals surface area contributed by atoms with Crippen molar-refractivity contribution in [1.82, 2.24) is 5.32 Å². The van der Waals surface area contributed by atoms with Crippen LogP contribution in [0.2, 0.25) is 0 Å². The molecule has 6 nitrogen and oxygen atoms in total. The maximum Gasteiger partial charge on any atom is 0.259 e. The van der Waals surface area contributed by atoms with Gasteiger partial charge in [-0.2, -0.15) is 0 Å². The molecule has 1 aliphatic rings. The second-order valence-corrected chi connectivity index (χ2v) is 5.90. The lowest BCUT2D eigenvalue weighted by Gasteiger charge is -2.32. The number of fused-ring (bicyclic) bond motifs is 1. The Morgan fingerprint density at radius 1 is 1.35 bits per heavy atom. The van der Waals surface area contributed by atoms with Crippen molar-refractivity contribution in [3.63, 3.8) is 0 Å². The molecule has 118 valence electrons. The van der Waals surface area contributed by atoms with Crippen molar-refractivity contribution < 1.29 is 19.5 Å². The second-order valence-electron chi connectivity index (χ2n) is 5.90. The van der Waals surface area contributed by atoms with Crippen LogP contribution in [0.25, 0.3) is 10.6 Å². The van der Waals surface area contributed by atoms with Gasteiger partial charge in [0.15, 0.2) is 11.5 Å². The molecule has 0 fully saturated rings. The molecule has 0 bridgehead atoms. The largest absolute Gasteiger partial charge is 0.506 e. The summed E-state index contributed by atoms with van der Waals surface area (Å²) in [5, 5.41) is 12.7. The van der Waals surface area contributed by atoms with Gasteiger partial charge in [-0.25, -0.2) is 4.85 Å². The van der Waals surface area contributed by atoms with Crippen LogP contribution in [0.1, 0.15) is 31.9 Å². The highest BCUT2D eigenvalue weighted by atomic mass is 16.3. The SMILES string of the molecule is [C-]#[N+]c1ccc2c(c1)C(O)=C(C(=O)NCC(C)=O)C(=O)C2(C)C. The van der Waals surface area contributed by atoms with Crippen LogP contribution < -0.4 is 5.32 Å². The first-order chi connectivity index (χ1) is 10.7. The fourth-order valence-corrected chi connectivity index (χ4v) is 2.52. The Kier molecular flexibility index (Phi) is 4.06. The van der Waals surface area contributed by atoms with Crippen molar-refractivity contribution in [3.8, 4) is 0 Å². The molecule has 6 heteroatoms. The molecule has 0 saturated carbocycles. The number of ketones is 2. The first-order valence-corrected chi connectivity index (χ1v) is 6.98. The van der Waals surface area contributed by atoms with Gasteiger partial charge in [-0.15, -0.1) is 0 Å². The van der Waals surface area contributed by atoms with Crippen molar-refractivity contribution in [1.29, 1.82) is 0 Å². The lowest BCUT2D eigenvalue weighted by Crippen LogP contribution is -2.42. The molecular formula is C17H16N2O4. The van der Waals surface area contributed by atoms with Gasteiger partial charge in [0.05, 0.1) is 18.5 Å². The quantitative estimate of drug-likeness (QED) is 0.660. The fraction of sp³-hybridized carbons (Fsp3) is 0.294. The normalized spacial score (nSPS) is 15.7. The van der Waals surface area contributed by atoms with E-state index in [2.05, 4.69) is 10.2 Å². The molecule has 0 aliphatic heterocycles. The van der Waals surface area contributed by atoms with E-state index in [-0.39, 0.29) is 23.5 Å². The number of carbonyl (C=O) groups is 3. The van der Waals surface area contributed by atoms with Crippen LogP contribution in [-0.2, 0) is 19.8 Å². The predicted octanol–water partition coefficient (Wildman–Crippen LogP) is 2.07. The summed E-state index contributed by atoms with van der Waals surface area (Å²) in [4.78, 5) is 39.1. The number of nitrogens with zero attached hydrogens (tertiary/aromatic N) is 1. The number of benzene rings is 1. The van der Waals surface area contributed by atoms with Crippen molar-refractivity contribution >= 4 is 28.9 Å². The summed E-state index contributed by atoms with van der Waals surface area (Å²) in [5.74, 6) is -2.05. The zero-order chi connectivity index (χ0) is 17.4. The standard InChI is InChI=1S/C17H16N2O4/c1-9(20)8-19-16(23)13-14(21)11-7-10(18-4)5-6-12(11)17(2,3)15(13)22/h5-7,21H,8H2,1-3H3,(H,19,23). The number of Topliss-reactive ketones (excluding diaryl/α,β-unsaturated/α-hetero) is 2. The van der Waals surface area contributed by atoms with Crippen LogP contribution in [0.5, 0.6) is 0 Å². The predicted molar refractivity (Wildman–Crippen MR) is 84.0 cm³/mol. The highest BCUT2D eigenvalue weighted by Crippen LogP contribution is 2.40. The third-order valence-electron chi connectivity index (χ3n) is 3.82. The minimum Gasteiger partial charge on any atom is -0.506 e. The van der Waals surface area contributed by atoms with E-state index in [9.17, 15) is 19.5 Å². The molecule has 0 heterocycles. The van der Waals surface area contributed by atoms with Crippen LogP contribution in [0.3, 0.4) is 0 Å². The highest BCUT2D eigenvalue weighted by molar-refractivity contribution is 6.28. The average molecular weight is 312 g/mol. The Morgan fingerprint density at radius 3 is 2.57 bits per heavy atom. The fourth-order valence-electron chi connectivity index (χ4n) is 2.52. The molecule has 1 aromatic carbocycles. The lowest BCUT2D eigenvalue weighted by molar-refractivity contribution is -0.126. The minimum atomic E-state index is -1.02. The number of hydrogen-bond acceptors (Lipinski definition) is 4. The van der Waals surface area contributed by atoms with Crippen molar-refractivity contribution in [2.75, 3.05) is 6.54 Å². The van der Waals surface area contributed by atoms with Crippen LogP contribution in [0, 0.1) is 6.57 Å². The Hall–Kier alpha value is -2.94. The van der Waals surface area contributed by atoms with E-state index < -0.39 is 22.9 Å². The number of rotatable bonds is 3. The zero-order valence-corrected chi connectivity index (χ0v) is 13.1. The maximum atomic E-state index is 12.6. The van der Waals surface area contributed by atoms with Crippen LogP contribution in [0.4, 0.5) is 5.69 Å². The van der Waals surface area contributed by atoms with E-state index in [0.29, 0.717) is 11.3 Å². The smallest absolute Gasteiger partial charge is 0.259 e. The van der Waals surface area contributed by atoms with Gasteiger partial charge in [-0.3, -0.25) is 14.4 Å². The van der Waals surface area contributed by atoms with Gasteiger partial charge in [0.25, 0.3) is 5.91 Å². The molecule has 1 amide bonds. The first kappa shape index (κ1) is 16.4. The Labute approximate surface area is 133 Å². The van der Waals surface area contributed by atoms with Gasteiger partial charge < -0.3 is 10.4 Å². The van der Waals surface area contributed by atoms with E-state index >= 15 is 0 Å². The summed E-state index contributed by atoms with van der Waals surface area (Å²) in [6.07, 6.45) is 0. The lowest BCUT2D eigenvalue weighted by atomic mass is 9.71. The van der Waals surface area contributed by atoms with Crippen LogP contribution in [0.15, 0.2) is 23.8 Å². The molecule has 23 heavy (non-hydrogen) atoms. The zero-order valence-electron chi connectivity index (χ0n) is 13.1. The summed E-state index contributed by atoms with van der Waals surface area (Å²) in [6, 6.07) is 4.63. The van der Waals surface area contributed by atoms with Gasteiger partial charge in [0, 0.05) is 5.56 Å². The first-order valence-electron chi connectivity index (χ1n) is 6.98. The third kappa shape index (κ3) is 2.73. The molecule has 2 rings (SSSR count). The van der Waals surface area contributed by atoms with Crippen molar-refractivity contribution in [2.24, 2.45) is 0 Å².